The number of hydrogen-bond acceptors (Lipinski definition) is 5. The summed E-state index contributed by atoms with van der Waals surface area (Å²) in [4.78, 5) is 40.0. The number of rotatable bonds is 8. The monoisotopic (exact) mass is 356 g/mol. The number of thiazole rings is 1. The fourth-order valence-corrected chi connectivity index (χ4v) is 2.71. The Balaban J connectivity index is 2.55. The van der Waals surface area contributed by atoms with E-state index < -0.39 is 18.0 Å². The minimum Gasteiger partial charge on any atom is -0.480 e. The largest absolute Gasteiger partial charge is 0.480 e. The van der Waals surface area contributed by atoms with Crippen LogP contribution >= 0.6 is 11.3 Å². The Morgan fingerprint density at radius 3 is 2.54 bits per heavy atom. The molecule has 9 heteroatoms. The van der Waals surface area contributed by atoms with E-state index in [2.05, 4.69) is 15.6 Å². The maximum absolute atomic E-state index is 12.1. The number of aromatic nitrogens is 1. The molecule has 1 heterocycles. The number of urea groups is 1. The predicted molar refractivity (Wildman–Crippen MR) is 90.9 cm³/mol. The van der Waals surface area contributed by atoms with E-state index in [1.807, 2.05) is 19.2 Å². The lowest BCUT2D eigenvalue weighted by Crippen LogP contribution is -2.47. The maximum atomic E-state index is 12.1. The van der Waals surface area contributed by atoms with Crippen molar-refractivity contribution in [3.63, 3.8) is 0 Å². The van der Waals surface area contributed by atoms with Crippen LogP contribution in [0.2, 0.25) is 0 Å². The van der Waals surface area contributed by atoms with Crippen LogP contribution in [-0.2, 0) is 16.1 Å². The molecule has 0 spiro atoms. The number of amides is 3. The summed E-state index contributed by atoms with van der Waals surface area (Å²) in [5, 5.41) is 17.0. The lowest BCUT2D eigenvalue weighted by atomic mass is 10.2. The van der Waals surface area contributed by atoms with E-state index in [-0.39, 0.29) is 18.9 Å². The Kier molecular flexibility index (Phi) is 7.63. The van der Waals surface area contributed by atoms with Crippen LogP contribution in [0.1, 0.15) is 43.8 Å². The normalized spacial score (nSPS) is 11.9. The Bertz CT molecular complexity index is 588. The fraction of sp³-hybridized carbons (Fsp3) is 0.600. The summed E-state index contributed by atoms with van der Waals surface area (Å²) in [6, 6.07) is -1.56. The lowest BCUT2D eigenvalue weighted by Gasteiger charge is -2.21. The highest BCUT2D eigenvalue weighted by Crippen LogP contribution is 2.19. The van der Waals surface area contributed by atoms with Crippen molar-refractivity contribution in [3.05, 3.63) is 16.1 Å². The molecule has 1 unspecified atom stereocenters. The van der Waals surface area contributed by atoms with Gasteiger partial charge in [-0.05, 0) is 6.42 Å². The summed E-state index contributed by atoms with van der Waals surface area (Å²) in [5.41, 5.74) is 0.770. The van der Waals surface area contributed by atoms with Crippen molar-refractivity contribution in [2.24, 2.45) is 0 Å². The summed E-state index contributed by atoms with van der Waals surface area (Å²) in [6.07, 6.45) is 0.114. The number of aliphatic carboxylic acids is 1. The van der Waals surface area contributed by atoms with Crippen molar-refractivity contribution in [1.29, 1.82) is 0 Å². The van der Waals surface area contributed by atoms with E-state index in [0.29, 0.717) is 12.5 Å². The van der Waals surface area contributed by atoms with Gasteiger partial charge in [0.1, 0.15) is 6.04 Å². The second-order valence-electron chi connectivity index (χ2n) is 5.80. The second kappa shape index (κ2) is 9.21. The van der Waals surface area contributed by atoms with E-state index >= 15 is 0 Å². The number of carboxylic acids is 1. The molecule has 0 saturated carbocycles. The van der Waals surface area contributed by atoms with Crippen LogP contribution < -0.4 is 10.6 Å². The molecule has 0 saturated heterocycles. The van der Waals surface area contributed by atoms with Gasteiger partial charge in [0.15, 0.2) is 0 Å². The second-order valence-corrected chi connectivity index (χ2v) is 6.69. The van der Waals surface area contributed by atoms with E-state index in [9.17, 15) is 14.4 Å². The first-order valence-corrected chi connectivity index (χ1v) is 8.51. The van der Waals surface area contributed by atoms with Gasteiger partial charge in [0.25, 0.3) is 0 Å². The van der Waals surface area contributed by atoms with Crippen LogP contribution in [0.15, 0.2) is 5.38 Å². The van der Waals surface area contributed by atoms with Gasteiger partial charge in [0.2, 0.25) is 5.91 Å². The number of nitrogens with zero attached hydrogens (tertiary/aromatic N) is 2. The average Bonchev–Trinajstić information content (AvgIpc) is 2.94. The molecule has 0 radical (unpaired) electrons. The van der Waals surface area contributed by atoms with Gasteiger partial charge in [-0.15, -0.1) is 11.3 Å². The molecule has 0 aromatic carbocycles. The highest BCUT2D eigenvalue weighted by atomic mass is 32.1. The van der Waals surface area contributed by atoms with Gasteiger partial charge in [-0.3, -0.25) is 4.79 Å². The van der Waals surface area contributed by atoms with Crippen molar-refractivity contribution in [1.82, 2.24) is 20.5 Å². The van der Waals surface area contributed by atoms with E-state index in [1.165, 1.54) is 11.8 Å². The van der Waals surface area contributed by atoms with Crippen molar-refractivity contribution in [2.45, 2.75) is 45.7 Å². The van der Waals surface area contributed by atoms with Crippen molar-refractivity contribution < 1.29 is 19.5 Å². The van der Waals surface area contributed by atoms with Crippen molar-refractivity contribution in [2.75, 3.05) is 13.6 Å². The molecule has 1 aromatic heterocycles. The standard InChI is InChI=1S/C15H24N4O4S/c1-9(2)13-17-11(8-24-13)7-19(4)15(23)18-12(14(21)22)5-6-16-10(3)20/h8-9,12H,5-7H2,1-4H3,(H,16,20)(H,18,23)(H,21,22). The first-order chi connectivity index (χ1) is 11.2. The highest BCUT2D eigenvalue weighted by Gasteiger charge is 2.22. The lowest BCUT2D eigenvalue weighted by molar-refractivity contribution is -0.139. The molecular weight excluding hydrogens is 332 g/mol. The van der Waals surface area contributed by atoms with Crippen LogP contribution in [-0.4, -0.2) is 52.5 Å². The summed E-state index contributed by atoms with van der Waals surface area (Å²) >= 11 is 1.54. The highest BCUT2D eigenvalue weighted by molar-refractivity contribution is 7.09. The van der Waals surface area contributed by atoms with Crippen molar-refractivity contribution >= 4 is 29.2 Å². The Hall–Kier alpha value is -2.16. The zero-order chi connectivity index (χ0) is 18.3. The van der Waals surface area contributed by atoms with Gasteiger partial charge >= 0.3 is 12.0 Å². The molecule has 0 aliphatic rings. The molecule has 3 N–H and O–H groups in total. The molecule has 134 valence electrons. The summed E-state index contributed by atoms with van der Waals surface area (Å²) in [7, 11) is 1.58. The fourth-order valence-electron chi connectivity index (χ4n) is 1.88. The van der Waals surface area contributed by atoms with Crippen molar-refractivity contribution in [3.8, 4) is 0 Å². The molecule has 0 fully saturated rings. The van der Waals surface area contributed by atoms with Gasteiger partial charge in [-0.2, -0.15) is 0 Å². The topological polar surface area (TPSA) is 112 Å². The molecule has 1 atom stereocenters. The van der Waals surface area contributed by atoms with E-state index in [0.717, 1.165) is 10.7 Å². The quantitative estimate of drug-likeness (QED) is 0.652. The number of nitrogens with one attached hydrogen (secondary N) is 2. The van der Waals surface area contributed by atoms with Gasteiger partial charge in [0.05, 0.1) is 17.2 Å². The molecular formula is C15H24N4O4S. The van der Waals surface area contributed by atoms with E-state index in [1.54, 1.807) is 18.4 Å². The van der Waals surface area contributed by atoms with Crippen LogP contribution in [0, 0.1) is 0 Å². The first-order valence-electron chi connectivity index (χ1n) is 7.63. The third-order valence-corrected chi connectivity index (χ3v) is 4.41. The molecule has 0 aliphatic carbocycles. The Morgan fingerprint density at radius 1 is 1.38 bits per heavy atom. The summed E-state index contributed by atoms with van der Waals surface area (Å²) in [5.74, 6) is -1.06. The first kappa shape index (κ1) is 19.9. The van der Waals surface area contributed by atoms with Gasteiger partial charge in [0, 0.05) is 31.8 Å². The smallest absolute Gasteiger partial charge is 0.326 e. The number of carbonyl (C=O) groups is 3. The third kappa shape index (κ3) is 6.53. The Morgan fingerprint density at radius 2 is 2.04 bits per heavy atom. The summed E-state index contributed by atoms with van der Waals surface area (Å²) in [6.45, 7) is 5.92. The molecule has 0 bridgehead atoms. The van der Waals surface area contributed by atoms with E-state index in [4.69, 9.17) is 5.11 Å². The molecule has 3 amide bonds. The zero-order valence-electron chi connectivity index (χ0n) is 14.3. The molecule has 1 rings (SSSR count). The van der Waals surface area contributed by atoms with Gasteiger partial charge in [-0.25, -0.2) is 14.6 Å². The van der Waals surface area contributed by atoms with Crippen LogP contribution in [0.4, 0.5) is 4.79 Å². The maximum Gasteiger partial charge on any atom is 0.326 e. The molecule has 0 aliphatic heterocycles. The third-order valence-electron chi connectivity index (χ3n) is 3.21. The van der Waals surface area contributed by atoms with Crippen LogP contribution in [0.25, 0.3) is 0 Å². The zero-order valence-corrected chi connectivity index (χ0v) is 15.1. The minimum absolute atomic E-state index is 0.114. The molecule has 1 aromatic rings. The molecule has 8 nitrogen and oxygen atoms in total. The van der Waals surface area contributed by atoms with Crippen LogP contribution in [0.5, 0.6) is 0 Å². The summed E-state index contributed by atoms with van der Waals surface area (Å²) < 4.78 is 0. The van der Waals surface area contributed by atoms with Gasteiger partial charge in [-0.1, -0.05) is 13.8 Å². The van der Waals surface area contributed by atoms with Crippen LogP contribution in [0.3, 0.4) is 0 Å². The Labute approximate surface area is 145 Å². The SMILES string of the molecule is CC(=O)NCCC(NC(=O)N(C)Cc1csc(C(C)C)n1)C(=O)O. The number of hydrogen-bond donors (Lipinski definition) is 3. The number of carbonyl (C=O) groups excluding carboxylic acids is 2. The van der Waals surface area contributed by atoms with Gasteiger partial charge < -0.3 is 20.6 Å². The number of carboxylic acid groups (broad SMARTS) is 1. The average molecular weight is 356 g/mol. The molecule has 24 heavy (non-hydrogen) atoms. The minimum atomic E-state index is -1.14. The predicted octanol–water partition coefficient (Wildman–Crippen LogP) is 1.39.